The summed E-state index contributed by atoms with van der Waals surface area (Å²) in [6.07, 6.45) is 3.74. The Morgan fingerprint density at radius 1 is 1.27 bits per heavy atom. The number of nitrogens with zero attached hydrogens (tertiary/aromatic N) is 3. The number of furan rings is 1. The normalized spacial score (nSPS) is 14.4. The number of sulfonamides is 1. The van der Waals surface area contributed by atoms with Gasteiger partial charge in [0.15, 0.2) is 11.6 Å². The van der Waals surface area contributed by atoms with E-state index in [2.05, 4.69) is 5.10 Å². The molecule has 1 aromatic carbocycles. The lowest BCUT2D eigenvalue weighted by Crippen LogP contribution is -2.30. The van der Waals surface area contributed by atoms with Crippen molar-refractivity contribution in [3.8, 4) is 5.75 Å². The molecule has 160 valence electrons. The molecule has 0 aliphatic heterocycles. The van der Waals surface area contributed by atoms with Crippen molar-refractivity contribution in [1.29, 1.82) is 0 Å². The minimum absolute atomic E-state index is 0.0134. The first-order chi connectivity index (χ1) is 14.4. The summed E-state index contributed by atoms with van der Waals surface area (Å²) < 4.78 is 54.7. The van der Waals surface area contributed by atoms with E-state index >= 15 is 0 Å². The number of rotatable bonds is 9. The third kappa shape index (κ3) is 4.27. The molecule has 0 spiro atoms. The van der Waals surface area contributed by atoms with Crippen molar-refractivity contribution in [2.45, 2.75) is 43.7 Å². The zero-order valence-electron chi connectivity index (χ0n) is 16.9. The molecule has 0 atom stereocenters. The van der Waals surface area contributed by atoms with E-state index in [0.717, 1.165) is 24.6 Å². The van der Waals surface area contributed by atoms with Crippen molar-refractivity contribution in [3.05, 3.63) is 65.6 Å². The Morgan fingerprint density at radius 3 is 2.70 bits per heavy atom. The van der Waals surface area contributed by atoms with E-state index < -0.39 is 15.8 Å². The van der Waals surface area contributed by atoms with E-state index in [9.17, 15) is 12.8 Å². The predicted octanol–water partition coefficient (Wildman–Crippen LogP) is 3.82. The zero-order valence-corrected chi connectivity index (χ0v) is 17.7. The van der Waals surface area contributed by atoms with E-state index in [0.29, 0.717) is 17.4 Å². The molecule has 1 saturated carbocycles. The molecule has 1 fully saturated rings. The van der Waals surface area contributed by atoms with Gasteiger partial charge in [0, 0.05) is 18.7 Å². The number of ether oxygens (including phenoxy) is 1. The SMILES string of the molecule is CCOc1ccc(S(=O)(=O)N(Cc2cc(C3CC3)n(C)n2)Cc2ccco2)cc1F. The smallest absolute Gasteiger partial charge is 0.243 e. The first-order valence-electron chi connectivity index (χ1n) is 9.86. The van der Waals surface area contributed by atoms with Crippen molar-refractivity contribution >= 4 is 10.0 Å². The number of hydrogen-bond donors (Lipinski definition) is 0. The van der Waals surface area contributed by atoms with Crippen LogP contribution in [-0.4, -0.2) is 29.1 Å². The first kappa shape index (κ1) is 20.6. The fourth-order valence-corrected chi connectivity index (χ4v) is 4.82. The maximum Gasteiger partial charge on any atom is 0.243 e. The van der Waals surface area contributed by atoms with Crippen molar-refractivity contribution in [2.24, 2.45) is 7.05 Å². The molecule has 0 radical (unpaired) electrons. The highest BCUT2D eigenvalue weighted by Gasteiger charge is 2.30. The monoisotopic (exact) mass is 433 g/mol. The summed E-state index contributed by atoms with van der Waals surface area (Å²) in [6, 6.07) is 9.03. The number of benzene rings is 1. The zero-order chi connectivity index (χ0) is 21.3. The number of aromatic nitrogens is 2. The lowest BCUT2D eigenvalue weighted by molar-refractivity contribution is 0.320. The molecule has 9 heteroatoms. The average molecular weight is 434 g/mol. The molecule has 0 bridgehead atoms. The molecule has 7 nitrogen and oxygen atoms in total. The van der Waals surface area contributed by atoms with Gasteiger partial charge in [0.2, 0.25) is 10.0 Å². The van der Waals surface area contributed by atoms with Crippen LogP contribution in [0, 0.1) is 5.82 Å². The van der Waals surface area contributed by atoms with Gasteiger partial charge in [-0.3, -0.25) is 4.68 Å². The van der Waals surface area contributed by atoms with Gasteiger partial charge in [0.1, 0.15) is 5.76 Å². The van der Waals surface area contributed by atoms with Gasteiger partial charge in [-0.1, -0.05) is 0 Å². The minimum atomic E-state index is -4.01. The fraction of sp³-hybridized carbons (Fsp3) is 0.381. The van der Waals surface area contributed by atoms with Gasteiger partial charge in [-0.05, 0) is 56.2 Å². The Labute approximate surface area is 175 Å². The van der Waals surface area contributed by atoms with Crippen LogP contribution < -0.4 is 4.74 Å². The maximum atomic E-state index is 14.3. The molecule has 1 aliphatic rings. The van der Waals surface area contributed by atoms with Crippen LogP contribution in [0.15, 0.2) is 52.0 Å². The van der Waals surface area contributed by atoms with Crippen LogP contribution in [0.25, 0.3) is 0 Å². The number of hydrogen-bond acceptors (Lipinski definition) is 5. The van der Waals surface area contributed by atoms with Crippen molar-refractivity contribution in [1.82, 2.24) is 14.1 Å². The second kappa shape index (κ2) is 8.23. The molecule has 0 amide bonds. The maximum absolute atomic E-state index is 14.3. The molecule has 2 heterocycles. The highest BCUT2D eigenvalue weighted by Crippen LogP contribution is 2.40. The molecule has 0 N–H and O–H groups in total. The largest absolute Gasteiger partial charge is 0.491 e. The predicted molar refractivity (Wildman–Crippen MR) is 108 cm³/mol. The van der Waals surface area contributed by atoms with Gasteiger partial charge in [-0.2, -0.15) is 9.40 Å². The van der Waals surface area contributed by atoms with Gasteiger partial charge in [0.05, 0.1) is 36.5 Å². The third-order valence-electron chi connectivity index (χ3n) is 5.05. The Kier molecular flexibility index (Phi) is 5.66. The lowest BCUT2D eigenvalue weighted by atomic mass is 10.2. The fourth-order valence-electron chi connectivity index (χ4n) is 3.43. The molecular weight excluding hydrogens is 409 g/mol. The summed E-state index contributed by atoms with van der Waals surface area (Å²) in [5.41, 5.74) is 1.74. The summed E-state index contributed by atoms with van der Waals surface area (Å²) in [7, 11) is -2.14. The van der Waals surface area contributed by atoms with Crippen LogP contribution in [0.3, 0.4) is 0 Å². The van der Waals surface area contributed by atoms with Crippen LogP contribution in [0.1, 0.15) is 42.8 Å². The Bertz CT molecular complexity index is 1120. The van der Waals surface area contributed by atoms with Crippen LogP contribution in [0.2, 0.25) is 0 Å². The van der Waals surface area contributed by atoms with E-state index in [1.807, 2.05) is 13.1 Å². The van der Waals surface area contributed by atoms with Gasteiger partial charge < -0.3 is 9.15 Å². The minimum Gasteiger partial charge on any atom is -0.491 e. The Hall–Kier alpha value is -2.65. The molecule has 0 unspecified atom stereocenters. The van der Waals surface area contributed by atoms with Crippen molar-refractivity contribution in [2.75, 3.05) is 6.61 Å². The highest BCUT2D eigenvalue weighted by atomic mass is 32.2. The molecule has 30 heavy (non-hydrogen) atoms. The Morgan fingerprint density at radius 2 is 2.07 bits per heavy atom. The highest BCUT2D eigenvalue weighted by molar-refractivity contribution is 7.89. The molecule has 1 aliphatic carbocycles. The third-order valence-corrected chi connectivity index (χ3v) is 6.84. The summed E-state index contributed by atoms with van der Waals surface area (Å²) >= 11 is 0. The Balaban J connectivity index is 1.66. The van der Waals surface area contributed by atoms with Crippen molar-refractivity contribution < 1.29 is 22.0 Å². The van der Waals surface area contributed by atoms with E-state index in [1.54, 1.807) is 23.7 Å². The lowest BCUT2D eigenvalue weighted by Gasteiger charge is -2.20. The standard InChI is InChI=1S/C21H24FN3O4S/c1-3-28-21-9-8-18(12-19(21)22)30(26,27)25(14-17-5-4-10-29-17)13-16-11-20(15-6-7-15)24(2)23-16/h4-5,8-12,15H,3,6-7,13-14H2,1-2H3. The van der Waals surface area contributed by atoms with E-state index in [-0.39, 0.29) is 30.3 Å². The number of aryl methyl sites for hydroxylation is 1. The van der Waals surface area contributed by atoms with E-state index in [1.165, 1.54) is 22.7 Å². The van der Waals surface area contributed by atoms with E-state index in [4.69, 9.17) is 9.15 Å². The van der Waals surface area contributed by atoms with Crippen LogP contribution in [0.4, 0.5) is 4.39 Å². The summed E-state index contributed by atoms with van der Waals surface area (Å²) in [6.45, 7) is 2.09. The van der Waals surface area contributed by atoms with Gasteiger partial charge in [-0.25, -0.2) is 12.8 Å². The molecular formula is C21H24FN3O4S. The summed E-state index contributed by atoms with van der Waals surface area (Å²) in [5, 5.41) is 4.49. The number of halogens is 1. The average Bonchev–Trinajstić information content (AvgIpc) is 3.29. The second-order valence-corrected chi connectivity index (χ2v) is 9.27. The molecule has 0 saturated heterocycles. The van der Waals surface area contributed by atoms with Gasteiger partial charge in [-0.15, -0.1) is 0 Å². The topological polar surface area (TPSA) is 77.6 Å². The summed E-state index contributed by atoms with van der Waals surface area (Å²) in [5.74, 6) is 0.285. The quantitative estimate of drug-likeness (QED) is 0.513. The first-order valence-corrected chi connectivity index (χ1v) is 11.3. The van der Waals surface area contributed by atoms with Gasteiger partial charge >= 0.3 is 0 Å². The molecule has 4 rings (SSSR count). The van der Waals surface area contributed by atoms with Crippen LogP contribution >= 0.6 is 0 Å². The van der Waals surface area contributed by atoms with Gasteiger partial charge in [0.25, 0.3) is 0 Å². The van der Waals surface area contributed by atoms with Crippen LogP contribution in [0.5, 0.6) is 5.75 Å². The second-order valence-electron chi connectivity index (χ2n) is 7.34. The molecule has 2 aromatic heterocycles. The molecule has 3 aromatic rings. The summed E-state index contributed by atoms with van der Waals surface area (Å²) in [4.78, 5) is -0.145. The van der Waals surface area contributed by atoms with Crippen LogP contribution in [-0.2, 0) is 30.2 Å². The van der Waals surface area contributed by atoms with Crippen molar-refractivity contribution in [3.63, 3.8) is 0 Å².